The summed E-state index contributed by atoms with van der Waals surface area (Å²) < 4.78 is 6.07. The van der Waals surface area contributed by atoms with E-state index in [1.54, 1.807) is 0 Å². The van der Waals surface area contributed by atoms with Crippen LogP contribution in [-0.4, -0.2) is 57.8 Å². The first-order chi connectivity index (χ1) is 20.9. The number of benzene rings is 1. The Morgan fingerprint density at radius 3 is 2.72 bits per heavy atom. The minimum absolute atomic E-state index is 0.00375. The van der Waals surface area contributed by atoms with Gasteiger partial charge in [0, 0.05) is 29.9 Å². The molecule has 43 heavy (non-hydrogen) atoms. The molecule has 0 spiro atoms. The lowest BCUT2D eigenvalue weighted by molar-refractivity contribution is -0.120. The van der Waals surface area contributed by atoms with Crippen LogP contribution in [0.25, 0.3) is 22.2 Å². The van der Waals surface area contributed by atoms with Gasteiger partial charge in [-0.15, -0.1) is 5.10 Å². The van der Waals surface area contributed by atoms with Gasteiger partial charge in [0.15, 0.2) is 5.69 Å². The van der Waals surface area contributed by atoms with Gasteiger partial charge in [0.1, 0.15) is 10.0 Å². The quantitative estimate of drug-likeness (QED) is 0.298. The summed E-state index contributed by atoms with van der Waals surface area (Å²) in [6.45, 7) is 7.33. The number of hydrogen-bond acceptors (Lipinski definition) is 10. The smallest absolute Gasteiger partial charge is 0.317 e. The van der Waals surface area contributed by atoms with E-state index in [0.29, 0.717) is 24.7 Å². The zero-order valence-corrected chi connectivity index (χ0v) is 25.3. The molecule has 0 radical (unpaired) electrons. The molecule has 6 rings (SSSR count). The van der Waals surface area contributed by atoms with Gasteiger partial charge in [-0.25, -0.2) is 9.98 Å². The molecule has 3 heterocycles. The van der Waals surface area contributed by atoms with Crippen molar-refractivity contribution >= 4 is 34.0 Å². The number of anilines is 2. The van der Waals surface area contributed by atoms with Crippen molar-refractivity contribution in [2.45, 2.75) is 46.2 Å². The van der Waals surface area contributed by atoms with Crippen molar-refractivity contribution in [1.82, 2.24) is 20.5 Å². The number of aliphatic hydroxyl groups is 1. The van der Waals surface area contributed by atoms with Crippen molar-refractivity contribution in [3.8, 4) is 22.2 Å². The van der Waals surface area contributed by atoms with Gasteiger partial charge in [0.05, 0.1) is 12.3 Å². The van der Waals surface area contributed by atoms with Crippen molar-refractivity contribution in [3.63, 3.8) is 0 Å². The summed E-state index contributed by atoms with van der Waals surface area (Å²) in [5.41, 5.74) is 6.12. The highest BCUT2D eigenvalue weighted by atomic mass is 32.1. The van der Waals surface area contributed by atoms with E-state index in [4.69, 9.17) is 14.4 Å². The summed E-state index contributed by atoms with van der Waals surface area (Å²) in [4.78, 5) is 25.2. The maximum Gasteiger partial charge on any atom is 0.317 e. The number of nitrogens with one attached hydrogen (secondary N) is 2. The predicted octanol–water partition coefficient (Wildman–Crippen LogP) is 5.42. The minimum Gasteiger partial charge on any atom is -0.402 e. The number of aliphatic hydroxyl groups excluding tert-OH is 1. The van der Waals surface area contributed by atoms with E-state index in [0.717, 1.165) is 63.0 Å². The summed E-state index contributed by atoms with van der Waals surface area (Å²) in [7, 11) is 0. The first kappa shape index (κ1) is 28.8. The Balaban J connectivity index is 1.33. The number of fused-ring (bicyclic) bond motifs is 1. The molecule has 1 aromatic carbocycles. The van der Waals surface area contributed by atoms with Crippen LogP contribution in [0.15, 0.2) is 80.9 Å². The summed E-state index contributed by atoms with van der Waals surface area (Å²) in [5, 5.41) is 25.9. The van der Waals surface area contributed by atoms with Gasteiger partial charge in [0.25, 0.3) is 11.8 Å². The van der Waals surface area contributed by atoms with E-state index in [1.165, 1.54) is 11.3 Å². The lowest BCUT2D eigenvalue weighted by Gasteiger charge is -2.20. The third-order valence-electron chi connectivity index (χ3n) is 7.60. The van der Waals surface area contributed by atoms with E-state index in [2.05, 4.69) is 52.1 Å². The lowest BCUT2D eigenvalue weighted by atomic mass is 9.90. The fourth-order valence-electron chi connectivity index (χ4n) is 5.21. The fourth-order valence-corrected chi connectivity index (χ4v) is 6.36. The second kappa shape index (κ2) is 12.5. The molecule has 3 aromatic rings. The molecule has 1 amide bonds. The fraction of sp³-hybridized carbons (Fsp3) is 0.344. The lowest BCUT2D eigenvalue weighted by Crippen LogP contribution is -2.36. The number of aromatic nitrogens is 3. The number of aliphatic imine (C=N–C) groups is 1. The number of nitrogens with zero attached hydrogens (tertiary/aromatic N) is 5. The predicted molar refractivity (Wildman–Crippen MR) is 170 cm³/mol. The van der Waals surface area contributed by atoms with Gasteiger partial charge < -0.3 is 25.1 Å². The Morgan fingerprint density at radius 2 is 1.98 bits per heavy atom. The van der Waals surface area contributed by atoms with Crippen LogP contribution in [0, 0.1) is 12.8 Å². The van der Waals surface area contributed by atoms with Crippen LogP contribution in [0.3, 0.4) is 0 Å². The molecular formula is C32H35N7O3S. The van der Waals surface area contributed by atoms with Gasteiger partial charge in [0.2, 0.25) is 6.17 Å². The van der Waals surface area contributed by atoms with Gasteiger partial charge in [-0.1, -0.05) is 83.6 Å². The minimum atomic E-state index is -0.982. The molecule has 1 aliphatic heterocycles. The molecule has 0 bridgehead atoms. The van der Waals surface area contributed by atoms with E-state index < -0.39 is 6.17 Å². The molecule has 0 fully saturated rings. The maximum absolute atomic E-state index is 13.4. The highest BCUT2D eigenvalue weighted by Crippen LogP contribution is 2.40. The zero-order valence-electron chi connectivity index (χ0n) is 24.5. The topological polar surface area (TPSA) is 129 Å². The molecule has 2 aliphatic carbocycles. The average molecular weight is 598 g/mol. The van der Waals surface area contributed by atoms with Crippen LogP contribution in [0.2, 0.25) is 0 Å². The third-order valence-corrected chi connectivity index (χ3v) is 8.76. The molecule has 222 valence electrons. The van der Waals surface area contributed by atoms with E-state index >= 15 is 0 Å². The normalized spacial score (nSPS) is 19.9. The molecule has 0 saturated heterocycles. The molecule has 2 atom stereocenters. The second-order valence-electron chi connectivity index (χ2n) is 10.8. The number of carbonyl (C=O) groups is 1. The highest BCUT2D eigenvalue weighted by Gasteiger charge is 2.31. The number of allylic oxidation sites excluding steroid dienone is 7. The van der Waals surface area contributed by atoms with Gasteiger partial charge in [-0.2, -0.15) is 0 Å². The second-order valence-corrected chi connectivity index (χ2v) is 11.8. The number of aryl methyl sites for hydroxylation is 1. The SMILES string of the molecule is CCN(CCO)c1sc(-c2ccc(C)cc2)nc1-c1nnc(NC2N=C(C3=CCC(C)C=C3)C3=CCCC=C3NC2=O)o1. The van der Waals surface area contributed by atoms with E-state index in [9.17, 15) is 9.90 Å². The van der Waals surface area contributed by atoms with Crippen LogP contribution >= 0.6 is 11.3 Å². The largest absolute Gasteiger partial charge is 0.402 e. The Bertz CT molecular complexity index is 1660. The van der Waals surface area contributed by atoms with Crippen molar-refractivity contribution in [2.75, 3.05) is 29.9 Å². The van der Waals surface area contributed by atoms with E-state index in [1.807, 2.05) is 49.1 Å². The maximum atomic E-state index is 13.4. The first-order valence-electron chi connectivity index (χ1n) is 14.7. The highest BCUT2D eigenvalue weighted by molar-refractivity contribution is 7.19. The number of rotatable bonds is 9. The van der Waals surface area contributed by atoms with Crippen LogP contribution < -0.4 is 15.5 Å². The molecule has 2 aromatic heterocycles. The summed E-state index contributed by atoms with van der Waals surface area (Å²) in [6.07, 6.45) is 12.3. The van der Waals surface area contributed by atoms with Crippen LogP contribution in [0.5, 0.6) is 0 Å². The molecular weight excluding hydrogens is 562 g/mol. The van der Waals surface area contributed by atoms with Crippen molar-refractivity contribution in [2.24, 2.45) is 10.9 Å². The Hall–Kier alpha value is -4.35. The number of hydrogen-bond donors (Lipinski definition) is 3. The zero-order chi connectivity index (χ0) is 29.9. The van der Waals surface area contributed by atoms with Gasteiger partial charge in [-0.05, 0) is 44.6 Å². The summed E-state index contributed by atoms with van der Waals surface area (Å²) >= 11 is 1.51. The standard InChI is InChI=1S/C32H35N7O3S/c1-4-39(17-18-40)31-26(35-30(43-31)22-15-11-20(3)12-16-22)29-37-38-32(42-29)36-27-28(41)33-24-8-6-5-7-23(24)25(34-27)21-13-9-19(2)10-14-21/h7-9,11-16,19,27,40H,4-6,10,17-18H2,1-3H3,(H,33,41)(H,36,38). The van der Waals surface area contributed by atoms with E-state index in [-0.39, 0.29) is 24.4 Å². The van der Waals surface area contributed by atoms with Crippen LogP contribution in [-0.2, 0) is 4.79 Å². The molecule has 3 N–H and O–H groups in total. The van der Waals surface area contributed by atoms with Crippen molar-refractivity contribution in [3.05, 3.63) is 77.1 Å². The van der Waals surface area contributed by atoms with Crippen molar-refractivity contribution < 1.29 is 14.3 Å². The average Bonchev–Trinajstić information content (AvgIpc) is 3.64. The molecule has 11 heteroatoms. The molecule has 3 aliphatic rings. The summed E-state index contributed by atoms with van der Waals surface area (Å²) in [5.74, 6) is 0.366. The van der Waals surface area contributed by atoms with Crippen LogP contribution in [0.4, 0.5) is 11.0 Å². The Kier molecular flexibility index (Phi) is 8.35. The molecule has 10 nitrogen and oxygen atoms in total. The summed E-state index contributed by atoms with van der Waals surface area (Å²) in [6, 6.07) is 8.22. The van der Waals surface area contributed by atoms with Gasteiger partial charge >= 0.3 is 6.01 Å². The first-order valence-corrected chi connectivity index (χ1v) is 15.5. The Morgan fingerprint density at radius 1 is 1.16 bits per heavy atom. The van der Waals surface area contributed by atoms with Crippen LogP contribution in [0.1, 0.15) is 38.7 Å². The number of carbonyl (C=O) groups excluding carboxylic acids is 1. The van der Waals surface area contributed by atoms with Crippen molar-refractivity contribution in [1.29, 1.82) is 0 Å². The number of thiazole rings is 1. The third kappa shape index (κ3) is 6.09. The monoisotopic (exact) mass is 597 g/mol. The number of amides is 1. The molecule has 0 saturated carbocycles. The van der Waals surface area contributed by atoms with Gasteiger partial charge in [-0.3, -0.25) is 4.79 Å². The number of likely N-dealkylation sites (N-methyl/N-ethyl adjacent to an activating group) is 1. The molecule has 2 unspecified atom stereocenters. The Labute approximate surface area is 254 Å².